The van der Waals surface area contributed by atoms with Gasteiger partial charge in [0, 0.05) is 44.7 Å². The number of ether oxygens (including phenoxy) is 3. The highest BCUT2D eigenvalue weighted by Gasteiger charge is 2.15. The van der Waals surface area contributed by atoms with Gasteiger partial charge in [-0.25, -0.2) is 4.98 Å². The van der Waals surface area contributed by atoms with Gasteiger partial charge in [0.15, 0.2) is 0 Å². The second-order valence-corrected chi connectivity index (χ2v) is 7.74. The van der Waals surface area contributed by atoms with E-state index in [4.69, 9.17) is 14.2 Å². The average Bonchev–Trinajstić information content (AvgIpc) is 2.72. The Morgan fingerprint density at radius 1 is 1.28 bits per heavy atom. The van der Waals surface area contributed by atoms with Crippen LogP contribution < -0.4 is 20.3 Å². The van der Waals surface area contributed by atoms with Crippen molar-refractivity contribution in [2.75, 3.05) is 62.1 Å². The van der Waals surface area contributed by atoms with Crippen LogP contribution in [0.2, 0.25) is 0 Å². The maximum atomic E-state index is 6.07. The maximum absolute atomic E-state index is 6.07. The van der Waals surface area contributed by atoms with Crippen molar-refractivity contribution in [3.63, 3.8) is 0 Å². The van der Waals surface area contributed by atoms with Crippen LogP contribution in [0.25, 0.3) is 0 Å². The van der Waals surface area contributed by atoms with E-state index in [-0.39, 0.29) is 6.10 Å². The lowest BCUT2D eigenvalue weighted by Crippen LogP contribution is -2.36. The molecule has 0 radical (unpaired) electrons. The zero-order chi connectivity index (χ0) is 20.6. The minimum Gasteiger partial charge on any atom is -0.489 e. The molecule has 0 saturated carbocycles. The molecule has 1 aromatic carbocycles. The lowest BCUT2D eigenvalue weighted by Gasteiger charge is -2.29. The van der Waals surface area contributed by atoms with Gasteiger partial charge in [-0.1, -0.05) is 0 Å². The number of rotatable bonds is 9. The van der Waals surface area contributed by atoms with Crippen LogP contribution >= 0.6 is 15.9 Å². The molecule has 0 aliphatic carbocycles. The Morgan fingerprint density at radius 2 is 2.07 bits per heavy atom. The van der Waals surface area contributed by atoms with E-state index in [0.29, 0.717) is 24.9 Å². The summed E-state index contributed by atoms with van der Waals surface area (Å²) < 4.78 is 17.4. The van der Waals surface area contributed by atoms with E-state index in [1.54, 1.807) is 13.3 Å². The number of nitrogens with one attached hydrogen (secondary N) is 2. The molecule has 0 atom stereocenters. The van der Waals surface area contributed by atoms with Crippen LogP contribution in [-0.2, 0) is 9.47 Å². The van der Waals surface area contributed by atoms with Crippen LogP contribution in [0.1, 0.15) is 13.8 Å². The summed E-state index contributed by atoms with van der Waals surface area (Å²) in [6.07, 6.45) is 1.77. The van der Waals surface area contributed by atoms with Gasteiger partial charge in [0.2, 0.25) is 5.95 Å². The Hall–Kier alpha value is -2.10. The van der Waals surface area contributed by atoms with Crippen molar-refractivity contribution in [1.82, 2.24) is 9.97 Å². The van der Waals surface area contributed by atoms with Gasteiger partial charge in [0.25, 0.3) is 0 Å². The first-order valence-electron chi connectivity index (χ1n) is 9.72. The molecule has 9 heteroatoms. The van der Waals surface area contributed by atoms with Crippen molar-refractivity contribution < 1.29 is 14.2 Å². The number of methoxy groups -OCH3 is 1. The Kier molecular flexibility index (Phi) is 7.91. The SMILES string of the molecule is COCCNc1nc(Nc2ccc(N3CCOCC3)cc2OC(C)C)ncc1Br. The third kappa shape index (κ3) is 6.19. The molecule has 1 fully saturated rings. The Bertz CT molecular complexity index is 800. The van der Waals surface area contributed by atoms with Crippen LogP contribution in [0.4, 0.5) is 23.1 Å². The second kappa shape index (κ2) is 10.6. The van der Waals surface area contributed by atoms with Crippen molar-refractivity contribution in [3.8, 4) is 5.75 Å². The summed E-state index contributed by atoms with van der Waals surface area (Å²) in [6.45, 7) is 8.51. The van der Waals surface area contributed by atoms with E-state index < -0.39 is 0 Å². The molecule has 0 unspecified atom stereocenters. The number of aromatic nitrogens is 2. The van der Waals surface area contributed by atoms with Gasteiger partial charge in [-0.05, 0) is 41.9 Å². The number of halogens is 1. The highest BCUT2D eigenvalue weighted by Crippen LogP contribution is 2.33. The fourth-order valence-electron chi connectivity index (χ4n) is 2.93. The zero-order valence-electron chi connectivity index (χ0n) is 17.1. The number of morpholine rings is 1. The van der Waals surface area contributed by atoms with Gasteiger partial charge in [-0.15, -0.1) is 0 Å². The summed E-state index contributed by atoms with van der Waals surface area (Å²) in [7, 11) is 1.67. The molecule has 8 nitrogen and oxygen atoms in total. The standard InChI is InChI=1S/C20H28BrN5O3/c1-14(2)29-18-12-15(26-7-10-28-11-8-26)4-5-17(18)24-20-23-13-16(21)19(25-20)22-6-9-27-3/h4-5,12-14H,6-11H2,1-3H3,(H2,22,23,24,25). The average molecular weight is 466 g/mol. The van der Waals surface area contributed by atoms with E-state index in [1.807, 2.05) is 19.9 Å². The molecular weight excluding hydrogens is 438 g/mol. The molecule has 29 heavy (non-hydrogen) atoms. The molecule has 0 spiro atoms. The number of hydrogen-bond donors (Lipinski definition) is 2. The summed E-state index contributed by atoms with van der Waals surface area (Å²) in [5.41, 5.74) is 1.94. The summed E-state index contributed by atoms with van der Waals surface area (Å²) in [5.74, 6) is 1.96. The van der Waals surface area contributed by atoms with Crippen LogP contribution in [0.15, 0.2) is 28.9 Å². The summed E-state index contributed by atoms with van der Waals surface area (Å²) in [5, 5.41) is 6.51. The Labute approximate surface area is 180 Å². The zero-order valence-corrected chi connectivity index (χ0v) is 18.7. The van der Waals surface area contributed by atoms with Crippen molar-refractivity contribution in [2.24, 2.45) is 0 Å². The third-order valence-corrected chi connectivity index (χ3v) is 4.87. The van der Waals surface area contributed by atoms with E-state index in [9.17, 15) is 0 Å². The molecule has 2 heterocycles. The highest BCUT2D eigenvalue weighted by molar-refractivity contribution is 9.10. The van der Waals surface area contributed by atoms with Gasteiger partial charge >= 0.3 is 0 Å². The summed E-state index contributed by atoms with van der Waals surface area (Å²) >= 11 is 3.47. The number of anilines is 4. The molecular formula is C20H28BrN5O3. The Balaban J connectivity index is 1.80. The van der Waals surface area contributed by atoms with Crippen LogP contribution in [0, 0.1) is 0 Å². The summed E-state index contributed by atoms with van der Waals surface area (Å²) in [6, 6.07) is 6.15. The molecule has 1 saturated heterocycles. The molecule has 1 aromatic heterocycles. The number of nitrogens with zero attached hydrogens (tertiary/aromatic N) is 3. The number of hydrogen-bond acceptors (Lipinski definition) is 8. The normalized spacial score (nSPS) is 14.2. The smallest absolute Gasteiger partial charge is 0.229 e. The second-order valence-electron chi connectivity index (χ2n) is 6.88. The van der Waals surface area contributed by atoms with Crippen molar-refractivity contribution in [1.29, 1.82) is 0 Å². The van der Waals surface area contributed by atoms with Gasteiger partial charge < -0.3 is 29.7 Å². The van der Waals surface area contributed by atoms with E-state index in [1.165, 1.54) is 0 Å². The first-order chi connectivity index (χ1) is 14.1. The minimum atomic E-state index is 0.0487. The lowest BCUT2D eigenvalue weighted by atomic mass is 10.2. The van der Waals surface area contributed by atoms with Crippen LogP contribution in [0.3, 0.4) is 0 Å². The van der Waals surface area contributed by atoms with Gasteiger partial charge in [-0.3, -0.25) is 0 Å². The highest BCUT2D eigenvalue weighted by atomic mass is 79.9. The van der Waals surface area contributed by atoms with E-state index in [0.717, 1.165) is 47.9 Å². The molecule has 1 aliphatic rings. The monoisotopic (exact) mass is 465 g/mol. The fraction of sp³-hybridized carbons (Fsp3) is 0.500. The number of benzene rings is 1. The molecule has 0 bridgehead atoms. The first kappa shape index (κ1) is 21.6. The summed E-state index contributed by atoms with van der Waals surface area (Å²) in [4.78, 5) is 11.2. The lowest BCUT2D eigenvalue weighted by molar-refractivity contribution is 0.122. The van der Waals surface area contributed by atoms with Gasteiger partial charge in [0.1, 0.15) is 11.6 Å². The molecule has 3 rings (SSSR count). The minimum absolute atomic E-state index is 0.0487. The van der Waals surface area contributed by atoms with Gasteiger partial charge in [0.05, 0.1) is 36.1 Å². The Morgan fingerprint density at radius 3 is 2.79 bits per heavy atom. The van der Waals surface area contributed by atoms with Gasteiger partial charge in [-0.2, -0.15) is 4.98 Å². The topological polar surface area (TPSA) is 80.8 Å². The maximum Gasteiger partial charge on any atom is 0.229 e. The van der Waals surface area contributed by atoms with Crippen molar-refractivity contribution in [2.45, 2.75) is 20.0 Å². The molecule has 0 amide bonds. The largest absolute Gasteiger partial charge is 0.489 e. The molecule has 158 valence electrons. The molecule has 2 N–H and O–H groups in total. The fourth-order valence-corrected chi connectivity index (χ4v) is 3.26. The third-order valence-electron chi connectivity index (χ3n) is 4.29. The predicted octanol–water partition coefficient (Wildman–Crippen LogP) is 3.66. The van der Waals surface area contributed by atoms with Crippen LogP contribution in [-0.4, -0.2) is 62.6 Å². The van der Waals surface area contributed by atoms with Crippen molar-refractivity contribution >= 4 is 39.1 Å². The van der Waals surface area contributed by atoms with Crippen molar-refractivity contribution in [3.05, 3.63) is 28.9 Å². The molecule has 1 aliphatic heterocycles. The predicted molar refractivity (Wildman–Crippen MR) is 119 cm³/mol. The van der Waals surface area contributed by atoms with E-state index >= 15 is 0 Å². The van der Waals surface area contributed by atoms with Crippen LogP contribution in [0.5, 0.6) is 5.75 Å². The molecule has 2 aromatic rings. The van der Waals surface area contributed by atoms with E-state index in [2.05, 4.69) is 53.6 Å². The first-order valence-corrected chi connectivity index (χ1v) is 10.5. The quantitative estimate of drug-likeness (QED) is 0.542.